The average Bonchev–Trinajstić information content (AvgIpc) is 3.82. The van der Waals surface area contributed by atoms with Crippen molar-refractivity contribution < 1.29 is 83.4 Å². The lowest BCUT2D eigenvalue weighted by atomic mass is 10.0. The fourth-order valence-corrected chi connectivity index (χ4v) is 7.50. The quantitative estimate of drug-likeness (QED) is 0.124. The molecule has 0 aliphatic carbocycles. The maximum atomic E-state index is 13.0. The van der Waals surface area contributed by atoms with E-state index in [1.807, 2.05) is 0 Å². The van der Waals surface area contributed by atoms with Gasteiger partial charge in [-0.25, -0.2) is 28.9 Å². The van der Waals surface area contributed by atoms with Gasteiger partial charge in [0.25, 0.3) is 0 Å². The lowest BCUT2D eigenvalue weighted by Crippen LogP contribution is -2.43. The molecule has 0 radical (unpaired) electrons. The van der Waals surface area contributed by atoms with Gasteiger partial charge in [-0.05, 0) is 77.9 Å². The van der Waals surface area contributed by atoms with Crippen molar-refractivity contribution in [3.8, 4) is 0 Å². The number of benzene rings is 3. The van der Waals surface area contributed by atoms with Gasteiger partial charge in [0.2, 0.25) is 0 Å². The molecule has 3 aliphatic heterocycles. The number of ether oxygens (including phenoxy) is 3. The summed E-state index contributed by atoms with van der Waals surface area (Å²) in [6.45, 7) is 29.3. The van der Waals surface area contributed by atoms with Gasteiger partial charge in [0.05, 0.1) is 54.7 Å². The first-order valence-corrected chi connectivity index (χ1v) is 19.3. The van der Waals surface area contributed by atoms with Gasteiger partial charge in [0, 0.05) is 17.1 Å². The average molecular weight is 943 g/mol. The highest BCUT2D eigenvalue weighted by Gasteiger charge is 2.47. The summed E-state index contributed by atoms with van der Waals surface area (Å²) in [5.41, 5.74) is -5.24. The number of aliphatic hydroxyl groups is 3. The van der Waals surface area contributed by atoms with Crippen molar-refractivity contribution >= 4 is 52.4 Å². The van der Waals surface area contributed by atoms with Gasteiger partial charge in [-0.15, -0.1) is 0 Å². The second kappa shape index (κ2) is 19.7. The zero-order valence-corrected chi connectivity index (χ0v) is 35.3. The van der Waals surface area contributed by atoms with Gasteiger partial charge in [-0.2, -0.15) is 39.5 Å². The lowest BCUT2D eigenvalue weighted by molar-refractivity contribution is -0.137. The summed E-state index contributed by atoms with van der Waals surface area (Å²) in [4.78, 5) is 47.1. The van der Waals surface area contributed by atoms with Gasteiger partial charge in [0.15, 0.2) is 17.1 Å². The molecule has 0 aromatic heterocycles. The van der Waals surface area contributed by atoms with E-state index >= 15 is 0 Å². The second-order valence-electron chi connectivity index (χ2n) is 15.0. The predicted molar refractivity (Wildman–Crippen MR) is 215 cm³/mol. The van der Waals surface area contributed by atoms with E-state index in [1.54, 1.807) is 20.8 Å². The normalized spacial score (nSPS) is 23.1. The van der Waals surface area contributed by atoms with Gasteiger partial charge >= 0.3 is 36.8 Å². The summed E-state index contributed by atoms with van der Waals surface area (Å²) in [5, 5.41) is 29.3. The topological polar surface area (TPSA) is 162 Å². The molecule has 3 aromatic carbocycles. The Morgan fingerprint density at radius 3 is 0.864 bits per heavy atom. The van der Waals surface area contributed by atoms with E-state index in [0.717, 1.165) is 51.1 Å². The van der Waals surface area contributed by atoms with Crippen molar-refractivity contribution in [2.75, 3.05) is 14.7 Å². The molecule has 24 heteroatoms. The Labute approximate surface area is 370 Å². The first-order chi connectivity index (χ1) is 30.5. The molecule has 3 aliphatic rings. The highest BCUT2D eigenvalue weighted by molar-refractivity contribution is 5.93. The van der Waals surface area contributed by atoms with Gasteiger partial charge in [0.1, 0.15) is 36.4 Å². The van der Waals surface area contributed by atoms with Crippen LogP contribution in [0.15, 0.2) is 54.6 Å². The first-order valence-electron chi connectivity index (χ1n) is 19.3. The van der Waals surface area contributed by atoms with Crippen molar-refractivity contribution in [1.82, 2.24) is 0 Å². The third-order valence-corrected chi connectivity index (χ3v) is 10.3. The van der Waals surface area contributed by atoms with E-state index in [-0.39, 0.29) is 17.1 Å². The number of amides is 3. The van der Waals surface area contributed by atoms with Crippen molar-refractivity contribution in [1.29, 1.82) is 0 Å². The third kappa shape index (κ3) is 11.0. The van der Waals surface area contributed by atoms with Crippen LogP contribution in [0.4, 0.5) is 88.0 Å². The fraction of sp³-hybridized carbons (Fsp3) is 0.429. The maximum absolute atomic E-state index is 13.0. The zero-order valence-electron chi connectivity index (χ0n) is 35.3. The molecule has 3 heterocycles. The summed E-state index contributed by atoms with van der Waals surface area (Å²) in [6.07, 6.45) is -21.6. The second-order valence-corrected chi connectivity index (χ2v) is 15.0. The Balaban J connectivity index is 0.000000216. The molecule has 15 nitrogen and oxygen atoms in total. The van der Waals surface area contributed by atoms with Crippen LogP contribution in [0.5, 0.6) is 0 Å². The number of alkyl halides is 9. The molecule has 3 amide bonds. The van der Waals surface area contributed by atoms with Crippen LogP contribution in [-0.2, 0) is 32.7 Å². The van der Waals surface area contributed by atoms with Crippen molar-refractivity contribution in [2.24, 2.45) is 0 Å². The molecule has 0 saturated carbocycles. The number of hydrogen-bond donors (Lipinski definition) is 3. The maximum Gasteiger partial charge on any atom is 0.415 e. The number of cyclic esters (lactones) is 3. The summed E-state index contributed by atoms with van der Waals surface area (Å²) >= 11 is 0. The minimum atomic E-state index is -4.72. The van der Waals surface area contributed by atoms with Gasteiger partial charge < -0.3 is 29.5 Å². The number of nitrogens with zero attached hydrogens (tertiary/aromatic N) is 6. The third-order valence-electron chi connectivity index (χ3n) is 10.3. The summed E-state index contributed by atoms with van der Waals surface area (Å²) in [7, 11) is 0. The number of halogens is 9. The van der Waals surface area contributed by atoms with E-state index in [9.17, 15) is 69.2 Å². The molecular formula is C42H39F9N6O9. The molecule has 3 aromatic rings. The van der Waals surface area contributed by atoms with E-state index < -0.39 is 125 Å². The Kier molecular flexibility index (Phi) is 15.5. The highest BCUT2D eigenvalue weighted by Crippen LogP contribution is 2.43. The van der Waals surface area contributed by atoms with Crippen LogP contribution in [-0.4, -0.2) is 88.3 Å². The van der Waals surface area contributed by atoms with Crippen molar-refractivity contribution in [3.05, 3.63) is 106 Å². The predicted octanol–water partition coefficient (Wildman–Crippen LogP) is 10.1. The largest absolute Gasteiger partial charge is 0.444 e. The lowest BCUT2D eigenvalue weighted by Gasteiger charge is -2.26. The SMILES string of the molecule is [C-]#[N+]c1ccc(N2C(=O)O[C@@H](C)[C@@H]2C(C)O)cc1C(F)(F)F.[C-]#[N+]c1ccc(N2C(=O)O[C@@H](C)[C@@H]2[C@@H](C)O)cc1C(F)(F)F.[C-]#[N+]c1ccc(N2C(=O)O[C@@H](C)[C@@H]2[C@H](C)O)cc1C(F)(F)F. The van der Waals surface area contributed by atoms with Crippen LogP contribution in [0.25, 0.3) is 14.5 Å². The van der Waals surface area contributed by atoms with Crippen molar-refractivity contribution in [2.45, 2.75) is 115 Å². The van der Waals surface area contributed by atoms with Crippen molar-refractivity contribution in [3.63, 3.8) is 0 Å². The summed E-state index contributed by atoms with van der Waals surface area (Å²) in [6, 6.07) is 6.48. The molecule has 354 valence electrons. The number of hydrogen-bond acceptors (Lipinski definition) is 9. The smallest absolute Gasteiger partial charge is 0.415 e. The Morgan fingerprint density at radius 1 is 0.485 bits per heavy atom. The van der Waals surface area contributed by atoms with Crippen LogP contribution in [0.1, 0.15) is 58.2 Å². The number of anilines is 3. The van der Waals surface area contributed by atoms with E-state index in [2.05, 4.69) is 14.5 Å². The Bertz CT molecular complexity index is 2180. The standard InChI is InChI=1S/3C14H13F3N2O3/c3*1-7(20)12-8(2)22-13(21)19(12)9-4-5-11(18-3)10(6-9)14(15,16)17/h3*4-8,12,20H,1-2H3/t7?,8-,12-;7-,8+,12+;7-,8-,12-/m010/s1. The zero-order chi connectivity index (χ0) is 50.0. The molecule has 0 bridgehead atoms. The highest BCUT2D eigenvalue weighted by atomic mass is 19.4. The van der Waals surface area contributed by atoms with E-state index in [1.165, 1.54) is 39.0 Å². The molecule has 0 spiro atoms. The van der Waals surface area contributed by atoms with Gasteiger partial charge in [-0.3, -0.25) is 14.7 Å². The first kappa shape index (κ1) is 51.8. The molecule has 3 saturated heterocycles. The fourth-order valence-electron chi connectivity index (χ4n) is 7.50. The minimum Gasteiger partial charge on any atom is -0.444 e. The number of carbonyl (C=O) groups excluding carboxylic acids is 3. The Hall–Kier alpha value is -6.81. The van der Waals surface area contributed by atoms with Crippen LogP contribution < -0.4 is 14.7 Å². The number of carbonyl (C=O) groups is 3. The van der Waals surface area contributed by atoms with Crippen LogP contribution >= 0.6 is 0 Å². The summed E-state index contributed by atoms with van der Waals surface area (Å²) < 4.78 is 132. The molecule has 6 rings (SSSR count). The van der Waals surface area contributed by atoms with Crippen LogP contribution in [0, 0.1) is 19.7 Å². The summed E-state index contributed by atoms with van der Waals surface area (Å²) in [5.74, 6) is 0. The number of rotatable bonds is 6. The molecular weight excluding hydrogens is 903 g/mol. The Morgan fingerprint density at radius 2 is 0.697 bits per heavy atom. The molecule has 66 heavy (non-hydrogen) atoms. The molecule has 9 atom stereocenters. The minimum absolute atomic E-state index is 0.0695. The van der Waals surface area contributed by atoms with E-state index in [0.29, 0.717) is 0 Å². The molecule has 3 N–H and O–H groups in total. The van der Waals surface area contributed by atoms with Gasteiger partial charge in [-0.1, -0.05) is 18.2 Å². The van der Waals surface area contributed by atoms with Crippen LogP contribution in [0.3, 0.4) is 0 Å². The molecule has 3 fully saturated rings. The molecule has 1 unspecified atom stereocenters. The van der Waals surface area contributed by atoms with Crippen LogP contribution in [0.2, 0.25) is 0 Å². The van der Waals surface area contributed by atoms with E-state index in [4.69, 9.17) is 33.9 Å². The monoisotopic (exact) mass is 942 g/mol. The number of aliphatic hydroxyl groups excluding tert-OH is 3.